The van der Waals surface area contributed by atoms with E-state index >= 15 is 0 Å². The number of hydrogen-bond acceptors (Lipinski definition) is 3. The number of aromatic nitrogens is 2. The predicted molar refractivity (Wildman–Crippen MR) is 76.7 cm³/mol. The zero-order valence-corrected chi connectivity index (χ0v) is 11.9. The molecule has 0 radical (unpaired) electrons. The molecule has 1 atom stereocenters. The summed E-state index contributed by atoms with van der Waals surface area (Å²) in [4.78, 5) is 0. The van der Waals surface area contributed by atoms with Crippen LogP contribution in [-0.2, 0) is 6.54 Å². The van der Waals surface area contributed by atoms with E-state index in [1.165, 1.54) is 25.7 Å². The van der Waals surface area contributed by atoms with E-state index < -0.39 is 0 Å². The van der Waals surface area contributed by atoms with Crippen LogP contribution in [0.5, 0.6) is 0 Å². The largest absolute Gasteiger partial charge is 0.394 e. The molecule has 3 N–H and O–H groups in total. The van der Waals surface area contributed by atoms with Crippen molar-refractivity contribution in [2.45, 2.75) is 65.5 Å². The quantitative estimate of drug-likeness (QED) is 0.844. The normalized spacial score (nSPS) is 18.2. The second-order valence-corrected chi connectivity index (χ2v) is 5.55. The second-order valence-electron chi connectivity index (χ2n) is 5.55. The van der Waals surface area contributed by atoms with Gasteiger partial charge >= 0.3 is 0 Å². The fraction of sp³-hybridized carbons (Fsp3) is 0.786. The van der Waals surface area contributed by atoms with E-state index in [4.69, 9.17) is 5.73 Å². The Balaban J connectivity index is 2.11. The summed E-state index contributed by atoms with van der Waals surface area (Å²) in [6.45, 7) is 7.34. The molecule has 2 rings (SSSR count). The third-order valence-corrected chi connectivity index (χ3v) is 4.08. The molecule has 0 aliphatic heterocycles. The van der Waals surface area contributed by atoms with Gasteiger partial charge < -0.3 is 11.1 Å². The number of rotatable bonds is 5. The molecule has 1 aliphatic carbocycles. The minimum Gasteiger partial charge on any atom is -0.394 e. The van der Waals surface area contributed by atoms with Crippen LogP contribution in [-0.4, -0.2) is 15.8 Å². The molecule has 0 aromatic carbocycles. The van der Waals surface area contributed by atoms with Crippen LogP contribution in [0.2, 0.25) is 0 Å². The number of nitrogens with two attached hydrogens (primary N) is 1. The number of nitrogens with zero attached hydrogens (tertiary/aromatic N) is 2. The number of nitrogens with one attached hydrogen (secondary N) is 1. The van der Waals surface area contributed by atoms with Crippen LogP contribution in [0.15, 0.2) is 0 Å². The maximum Gasteiger partial charge on any atom is 0.148 e. The third kappa shape index (κ3) is 2.62. The van der Waals surface area contributed by atoms with Gasteiger partial charge in [-0.15, -0.1) is 0 Å². The van der Waals surface area contributed by atoms with Crippen molar-refractivity contribution >= 4 is 11.5 Å². The van der Waals surface area contributed by atoms with Crippen LogP contribution in [0.25, 0.3) is 0 Å². The van der Waals surface area contributed by atoms with E-state index in [9.17, 15) is 0 Å². The second kappa shape index (κ2) is 5.63. The Hall–Kier alpha value is -1.19. The van der Waals surface area contributed by atoms with Crippen molar-refractivity contribution in [3.05, 3.63) is 5.69 Å². The van der Waals surface area contributed by atoms with Crippen molar-refractivity contribution in [3.8, 4) is 0 Å². The molecule has 0 saturated heterocycles. The van der Waals surface area contributed by atoms with Crippen molar-refractivity contribution in [2.75, 3.05) is 11.1 Å². The molecule has 1 saturated carbocycles. The van der Waals surface area contributed by atoms with E-state index in [1.807, 2.05) is 11.6 Å². The molecule has 4 nitrogen and oxygen atoms in total. The molecule has 1 heterocycles. The van der Waals surface area contributed by atoms with E-state index in [-0.39, 0.29) is 0 Å². The van der Waals surface area contributed by atoms with Gasteiger partial charge in [-0.1, -0.05) is 19.8 Å². The van der Waals surface area contributed by atoms with E-state index in [1.54, 1.807) is 0 Å². The van der Waals surface area contributed by atoms with Crippen molar-refractivity contribution in [1.29, 1.82) is 0 Å². The summed E-state index contributed by atoms with van der Waals surface area (Å²) in [5.74, 6) is 1.81. The summed E-state index contributed by atoms with van der Waals surface area (Å²) in [5.41, 5.74) is 7.88. The van der Waals surface area contributed by atoms with Crippen LogP contribution in [0.3, 0.4) is 0 Å². The first-order chi connectivity index (χ1) is 8.63. The van der Waals surface area contributed by atoms with Crippen molar-refractivity contribution in [1.82, 2.24) is 9.78 Å². The maximum absolute atomic E-state index is 6.13. The smallest absolute Gasteiger partial charge is 0.148 e. The zero-order valence-electron chi connectivity index (χ0n) is 11.9. The fourth-order valence-electron chi connectivity index (χ4n) is 2.91. The minimum atomic E-state index is 0.488. The van der Waals surface area contributed by atoms with Crippen LogP contribution in [0.1, 0.15) is 51.6 Å². The van der Waals surface area contributed by atoms with Gasteiger partial charge in [0.1, 0.15) is 5.82 Å². The topological polar surface area (TPSA) is 55.9 Å². The first kappa shape index (κ1) is 13.2. The summed E-state index contributed by atoms with van der Waals surface area (Å²) in [6, 6.07) is 0.488. The minimum absolute atomic E-state index is 0.488. The molecule has 102 valence electrons. The molecule has 1 aliphatic rings. The Morgan fingerprint density at radius 2 is 2.11 bits per heavy atom. The Labute approximate surface area is 110 Å². The lowest BCUT2D eigenvalue weighted by atomic mass is 10.00. The zero-order chi connectivity index (χ0) is 13.1. The molecule has 4 heteroatoms. The standard InChI is InChI=1S/C14H26N4/c1-4-9-18-14(13(15)11(3)17-18)16-10(2)12-7-5-6-8-12/h10,12,16H,4-9,15H2,1-3H3. The lowest BCUT2D eigenvalue weighted by molar-refractivity contribution is 0.476. The van der Waals surface area contributed by atoms with Gasteiger partial charge in [-0.05, 0) is 39.0 Å². The van der Waals surface area contributed by atoms with Crippen LogP contribution >= 0.6 is 0 Å². The molecule has 0 spiro atoms. The van der Waals surface area contributed by atoms with Gasteiger partial charge in [-0.3, -0.25) is 0 Å². The van der Waals surface area contributed by atoms with Crippen molar-refractivity contribution in [3.63, 3.8) is 0 Å². The summed E-state index contributed by atoms with van der Waals surface area (Å²) in [7, 11) is 0. The van der Waals surface area contributed by atoms with E-state index in [2.05, 4.69) is 24.3 Å². The van der Waals surface area contributed by atoms with Crippen LogP contribution < -0.4 is 11.1 Å². The van der Waals surface area contributed by atoms with Gasteiger partial charge in [0.2, 0.25) is 0 Å². The molecule has 0 amide bonds. The van der Waals surface area contributed by atoms with Crippen LogP contribution in [0.4, 0.5) is 11.5 Å². The summed E-state index contributed by atoms with van der Waals surface area (Å²) in [5, 5.41) is 8.11. The molecular formula is C14H26N4. The highest BCUT2D eigenvalue weighted by molar-refractivity contribution is 5.65. The summed E-state index contributed by atoms with van der Waals surface area (Å²) >= 11 is 0. The predicted octanol–water partition coefficient (Wildman–Crippen LogP) is 3.17. The SMILES string of the molecule is CCCn1nc(C)c(N)c1NC(C)C1CCCC1. The highest BCUT2D eigenvalue weighted by Gasteiger charge is 2.23. The summed E-state index contributed by atoms with van der Waals surface area (Å²) < 4.78 is 2.02. The third-order valence-electron chi connectivity index (χ3n) is 4.08. The van der Waals surface area contributed by atoms with Gasteiger partial charge in [-0.25, -0.2) is 4.68 Å². The first-order valence-corrected chi connectivity index (χ1v) is 7.23. The highest BCUT2D eigenvalue weighted by Crippen LogP contribution is 2.31. The average molecular weight is 250 g/mol. The van der Waals surface area contributed by atoms with E-state index in [0.29, 0.717) is 6.04 Å². The van der Waals surface area contributed by atoms with Crippen molar-refractivity contribution < 1.29 is 0 Å². The monoisotopic (exact) mass is 250 g/mol. The molecule has 1 unspecified atom stereocenters. The van der Waals surface area contributed by atoms with Gasteiger partial charge in [0.25, 0.3) is 0 Å². The lowest BCUT2D eigenvalue weighted by Crippen LogP contribution is -2.26. The Morgan fingerprint density at radius 3 is 2.72 bits per heavy atom. The highest BCUT2D eigenvalue weighted by atomic mass is 15.3. The molecule has 0 bridgehead atoms. The van der Waals surface area contributed by atoms with Gasteiger partial charge in [0.05, 0.1) is 11.4 Å². The number of nitrogen functional groups attached to an aromatic ring is 1. The van der Waals surface area contributed by atoms with Gasteiger partial charge in [0, 0.05) is 12.6 Å². The first-order valence-electron chi connectivity index (χ1n) is 7.23. The molecular weight excluding hydrogens is 224 g/mol. The summed E-state index contributed by atoms with van der Waals surface area (Å²) in [6.07, 6.45) is 6.51. The average Bonchev–Trinajstić information content (AvgIpc) is 2.94. The molecule has 1 aromatic rings. The molecule has 1 fully saturated rings. The number of aryl methyl sites for hydroxylation is 2. The Kier molecular flexibility index (Phi) is 4.15. The van der Waals surface area contributed by atoms with Crippen LogP contribution in [0, 0.1) is 12.8 Å². The van der Waals surface area contributed by atoms with Gasteiger partial charge in [-0.2, -0.15) is 5.10 Å². The number of anilines is 2. The molecule has 1 aromatic heterocycles. The fourth-order valence-corrected chi connectivity index (χ4v) is 2.91. The Morgan fingerprint density at radius 1 is 1.44 bits per heavy atom. The maximum atomic E-state index is 6.13. The molecule has 18 heavy (non-hydrogen) atoms. The number of hydrogen-bond donors (Lipinski definition) is 2. The van der Waals surface area contributed by atoms with Crippen molar-refractivity contribution in [2.24, 2.45) is 5.92 Å². The van der Waals surface area contributed by atoms with E-state index in [0.717, 1.165) is 36.1 Å². The van der Waals surface area contributed by atoms with Gasteiger partial charge in [0.15, 0.2) is 0 Å². The Bertz CT molecular complexity index is 391. The lowest BCUT2D eigenvalue weighted by Gasteiger charge is -2.22.